The summed E-state index contributed by atoms with van der Waals surface area (Å²) in [5.41, 5.74) is 0.798. The van der Waals surface area contributed by atoms with Crippen molar-refractivity contribution >= 4 is 21.9 Å². The van der Waals surface area contributed by atoms with Crippen LogP contribution in [0.25, 0.3) is 0 Å². The zero-order valence-corrected chi connectivity index (χ0v) is 12.7. The summed E-state index contributed by atoms with van der Waals surface area (Å²) in [6.45, 7) is 0.159. The Bertz CT molecular complexity index is 673. The number of carboxylic acids is 1. The van der Waals surface area contributed by atoms with Crippen molar-refractivity contribution in [3.8, 4) is 11.5 Å². The van der Waals surface area contributed by atoms with E-state index in [0.29, 0.717) is 15.8 Å². The maximum Gasteiger partial charge on any atom is 0.335 e. The van der Waals surface area contributed by atoms with E-state index in [9.17, 15) is 9.18 Å². The molecule has 0 atom stereocenters. The van der Waals surface area contributed by atoms with Gasteiger partial charge in [0.15, 0.2) is 11.6 Å². The lowest BCUT2D eigenvalue weighted by Crippen LogP contribution is -2.00. The first-order chi connectivity index (χ1) is 10.0. The Morgan fingerprint density at radius 1 is 1.24 bits per heavy atom. The molecule has 4 nitrogen and oxygen atoms in total. The summed E-state index contributed by atoms with van der Waals surface area (Å²) in [6, 6.07) is 8.99. The molecule has 0 saturated heterocycles. The molecule has 0 spiro atoms. The van der Waals surface area contributed by atoms with Gasteiger partial charge in [0.05, 0.1) is 17.1 Å². The fourth-order valence-corrected chi connectivity index (χ4v) is 2.20. The lowest BCUT2D eigenvalue weighted by atomic mass is 10.2. The second-order valence-electron chi connectivity index (χ2n) is 4.21. The van der Waals surface area contributed by atoms with E-state index in [-0.39, 0.29) is 17.9 Å². The number of aromatic carboxylic acids is 1. The first kappa shape index (κ1) is 15.3. The third kappa shape index (κ3) is 3.72. The lowest BCUT2D eigenvalue weighted by molar-refractivity contribution is 0.0696. The number of hydrogen-bond acceptors (Lipinski definition) is 3. The molecule has 0 unspecified atom stereocenters. The van der Waals surface area contributed by atoms with Crippen LogP contribution >= 0.6 is 15.9 Å². The van der Waals surface area contributed by atoms with Crippen LogP contribution in [0.1, 0.15) is 15.9 Å². The smallest absolute Gasteiger partial charge is 0.335 e. The second kappa shape index (κ2) is 6.58. The highest BCUT2D eigenvalue weighted by Gasteiger charge is 2.09. The van der Waals surface area contributed by atoms with Gasteiger partial charge in [-0.25, -0.2) is 9.18 Å². The molecule has 0 saturated carbocycles. The lowest BCUT2D eigenvalue weighted by Gasteiger charge is -2.10. The average Bonchev–Trinajstić information content (AvgIpc) is 2.46. The zero-order chi connectivity index (χ0) is 15.4. The minimum atomic E-state index is -1.01. The van der Waals surface area contributed by atoms with E-state index in [0.717, 1.165) is 0 Å². The number of carbonyl (C=O) groups is 1. The quantitative estimate of drug-likeness (QED) is 0.885. The Kier molecular flexibility index (Phi) is 4.80. The number of ether oxygens (including phenoxy) is 2. The van der Waals surface area contributed by atoms with Crippen LogP contribution in [-0.4, -0.2) is 18.2 Å². The molecule has 0 radical (unpaired) electrons. The number of rotatable bonds is 5. The van der Waals surface area contributed by atoms with Gasteiger partial charge in [0, 0.05) is 0 Å². The van der Waals surface area contributed by atoms with Gasteiger partial charge < -0.3 is 14.6 Å². The third-order valence-electron chi connectivity index (χ3n) is 2.79. The predicted octanol–water partition coefficient (Wildman–Crippen LogP) is 3.87. The van der Waals surface area contributed by atoms with Gasteiger partial charge in [-0.1, -0.05) is 6.07 Å². The van der Waals surface area contributed by atoms with Crippen LogP contribution in [0.3, 0.4) is 0 Å². The molecular formula is C15H12BrFO4. The first-order valence-electron chi connectivity index (χ1n) is 5.99. The van der Waals surface area contributed by atoms with E-state index in [1.54, 1.807) is 12.1 Å². The summed E-state index contributed by atoms with van der Waals surface area (Å²) in [5, 5.41) is 8.87. The summed E-state index contributed by atoms with van der Waals surface area (Å²) >= 11 is 3.24. The Hall–Kier alpha value is -2.08. The third-order valence-corrected chi connectivity index (χ3v) is 3.41. The van der Waals surface area contributed by atoms with Crippen molar-refractivity contribution in [2.24, 2.45) is 0 Å². The van der Waals surface area contributed by atoms with Crippen LogP contribution in [0.4, 0.5) is 4.39 Å². The van der Waals surface area contributed by atoms with E-state index in [4.69, 9.17) is 14.6 Å². The van der Waals surface area contributed by atoms with Crippen molar-refractivity contribution in [3.05, 3.63) is 57.8 Å². The molecule has 0 fully saturated rings. The molecule has 2 aromatic rings. The number of halogens is 2. The van der Waals surface area contributed by atoms with Crippen molar-refractivity contribution in [3.63, 3.8) is 0 Å². The van der Waals surface area contributed by atoms with E-state index < -0.39 is 11.8 Å². The standard InChI is InChI=1S/C15H12BrFO4/c1-20-14-4-2-9(6-12(14)17)8-21-13-5-3-10(15(18)19)7-11(13)16/h2-7H,8H2,1H3,(H,18,19). The molecule has 6 heteroatoms. The van der Waals surface area contributed by atoms with Crippen molar-refractivity contribution in [2.75, 3.05) is 7.11 Å². The molecule has 110 valence electrons. The van der Waals surface area contributed by atoms with Crippen LogP contribution in [-0.2, 0) is 6.61 Å². The topological polar surface area (TPSA) is 55.8 Å². The monoisotopic (exact) mass is 354 g/mol. The number of benzene rings is 2. The Balaban J connectivity index is 2.09. The van der Waals surface area contributed by atoms with Gasteiger partial charge in [0.1, 0.15) is 12.4 Å². The van der Waals surface area contributed by atoms with Crippen LogP contribution in [0.2, 0.25) is 0 Å². The van der Waals surface area contributed by atoms with E-state index >= 15 is 0 Å². The minimum Gasteiger partial charge on any atom is -0.494 e. The van der Waals surface area contributed by atoms with E-state index in [1.807, 2.05) is 0 Å². The maximum atomic E-state index is 13.5. The van der Waals surface area contributed by atoms with Gasteiger partial charge >= 0.3 is 5.97 Å². The maximum absolute atomic E-state index is 13.5. The highest BCUT2D eigenvalue weighted by atomic mass is 79.9. The van der Waals surface area contributed by atoms with Crippen LogP contribution in [0, 0.1) is 5.82 Å². The van der Waals surface area contributed by atoms with Crippen LogP contribution < -0.4 is 9.47 Å². The van der Waals surface area contributed by atoms with Gasteiger partial charge in [-0.2, -0.15) is 0 Å². The molecule has 0 aliphatic heterocycles. The molecule has 0 amide bonds. The van der Waals surface area contributed by atoms with Gasteiger partial charge in [-0.05, 0) is 51.8 Å². The second-order valence-corrected chi connectivity index (χ2v) is 5.06. The molecule has 0 bridgehead atoms. The number of hydrogen-bond donors (Lipinski definition) is 1. The van der Waals surface area contributed by atoms with Crippen molar-refractivity contribution in [1.82, 2.24) is 0 Å². The van der Waals surface area contributed by atoms with E-state index in [1.165, 1.54) is 31.4 Å². The number of carboxylic acid groups (broad SMARTS) is 1. The van der Waals surface area contributed by atoms with Crippen LogP contribution in [0.15, 0.2) is 40.9 Å². The summed E-state index contributed by atoms with van der Waals surface area (Å²) in [4.78, 5) is 10.8. The largest absolute Gasteiger partial charge is 0.494 e. The molecule has 1 N–H and O–H groups in total. The van der Waals surface area contributed by atoms with Crippen molar-refractivity contribution < 1.29 is 23.8 Å². The SMILES string of the molecule is COc1ccc(COc2ccc(C(=O)O)cc2Br)cc1F. The Morgan fingerprint density at radius 2 is 1.95 bits per heavy atom. The van der Waals surface area contributed by atoms with Crippen molar-refractivity contribution in [2.45, 2.75) is 6.61 Å². The fraction of sp³-hybridized carbons (Fsp3) is 0.133. The predicted molar refractivity (Wildman–Crippen MR) is 78.4 cm³/mol. The highest BCUT2D eigenvalue weighted by Crippen LogP contribution is 2.27. The molecule has 0 aliphatic rings. The molecular weight excluding hydrogens is 343 g/mol. The minimum absolute atomic E-state index is 0.157. The van der Waals surface area contributed by atoms with Crippen molar-refractivity contribution in [1.29, 1.82) is 0 Å². The Morgan fingerprint density at radius 3 is 2.52 bits per heavy atom. The molecule has 0 heterocycles. The highest BCUT2D eigenvalue weighted by molar-refractivity contribution is 9.10. The fourth-order valence-electron chi connectivity index (χ4n) is 1.71. The summed E-state index contributed by atoms with van der Waals surface area (Å²) in [7, 11) is 1.40. The zero-order valence-electron chi connectivity index (χ0n) is 11.1. The molecule has 21 heavy (non-hydrogen) atoms. The molecule has 2 rings (SSSR count). The molecule has 0 aliphatic carbocycles. The Labute approximate surface area is 129 Å². The summed E-state index contributed by atoms with van der Waals surface area (Å²) < 4.78 is 24.4. The van der Waals surface area contributed by atoms with Gasteiger partial charge in [0.25, 0.3) is 0 Å². The molecule has 2 aromatic carbocycles. The summed E-state index contributed by atoms with van der Waals surface area (Å²) in [5.74, 6) is -0.819. The summed E-state index contributed by atoms with van der Waals surface area (Å²) in [6.07, 6.45) is 0. The van der Waals surface area contributed by atoms with Gasteiger partial charge in [0.2, 0.25) is 0 Å². The normalized spacial score (nSPS) is 10.2. The van der Waals surface area contributed by atoms with E-state index in [2.05, 4.69) is 15.9 Å². The first-order valence-corrected chi connectivity index (χ1v) is 6.78. The van der Waals surface area contributed by atoms with Gasteiger partial charge in [-0.15, -0.1) is 0 Å². The number of methoxy groups -OCH3 is 1. The van der Waals surface area contributed by atoms with Crippen LogP contribution in [0.5, 0.6) is 11.5 Å². The molecule has 0 aromatic heterocycles. The average molecular weight is 355 g/mol. The van der Waals surface area contributed by atoms with Gasteiger partial charge in [-0.3, -0.25) is 0 Å².